The predicted octanol–water partition coefficient (Wildman–Crippen LogP) is 2.75. The number of aryl methyl sites for hydroxylation is 1. The lowest BCUT2D eigenvalue weighted by atomic mass is 10.0. The van der Waals surface area contributed by atoms with Gasteiger partial charge in [-0.3, -0.25) is 0 Å². The smallest absolute Gasteiger partial charge is 0.165 e. The highest BCUT2D eigenvalue weighted by atomic mass is 16.3. The van der Waals surface area contributed by atoms with Gasteiger partial charge in [-0.1, -0.05) is 13.8 Å². The van der Waals surface area contributed by atoms with Gasteiger partial charge in [-0.2, -0.15) is 0 Å². The average Bonchev–Trinajstić information content (AvgIpc) is 2.67. The Morgan fingerprint density at radius 2 is 2.06 bits per heavy atom. The zero-order valence-electron chi connectivity index (χ0n) is 9.69. The van der Waals surface area contributed by atoms with Gasteiger partial charge < -0.3 is 10.2 Å². The number of rotatable bonds is 2. The molecule has 4 heteroatoms. The van der Waals surface area contributed by atoms with Gasteiger partial charge in [0.2, 0.25) is 0 Å². The Hall–Kier alpha value is -1.84. The minimum Gasteiger partial charge on any atom is -0.472 e. The second kappa shape index (κ2) is 3.96. The molecule has 0 saturated heterocycles. The largest absolute Gasteiger partial charge is 0.472 e. The first-order valence-corrected chi connectivity index (χ1v) is 5.26. The molecule has 0 aliphatic heterocycles. The lowest BCUT2D eigenvalue weighted by Crippen LogP contribution is -2.06. The first-order valence-electron chi connectivity index (χ1n) is 5.26. The molecule has 0 saturated carbocycles. The molecule has 2 aromatic heterocycles. The summed E-state index contributed by atoms with van der Waals surface area (Å²) in [4.78, 5) is 8.75. The fraction of sp³-hybridized carbons (Fsp3) is 0.333. The molecule has 84 valence electrons. The van der Waals surface area contributed by atoms with Gasteiger partial charge in [0.15, 0.2) is 5.82 Å². The third kappa shape index (κ3) is 1.78. The van der Waals surface area contributed by atoms with E-state index in [2.05, 4.69) is 23.8 Å². The number of anilines is 1. The quantitative estimate of drug-likeness (QED) is 0.840. The third-order valence-electron chi connectivity index (χ3n) is 2.52. The van der Waals surface area contributed by atoms with Crippen LogP contribution in [0.15, 0.2) is 23.0 Å². The Balaban J connectivity index is 2.53. The van der Waals surface area contributed by atoms with E-state index in [1.807, 2.05) is 13.0 Å². The molecule has 0 radical (unpaired) electrons. The summed E-state index contributed by atoms with van der Waals surface area (Å²) in [5, 5.41) is 0. The Bertz CT molecular complexity index is 466. The maximum Gasteiger partial charge on any atom is 0.165 e. The van der Waals surface area contributed by atoms with Gasteiger partial charge in [0.05, 0.1) is 11.8 Å². The van der Waals surface area contributed by atoms with Crippen molar-refractivity contribution in [3.05, 3.63) is 29.9 Å². The second-order valence-electron chi connectivity index (χ2n) is 4.10. The van der Waals surface area contributed by atoms with E-state index in [-0.39, 0.29) is 0 Å². The molecule has 0 amide bonds. The van der Waals surface area contributed by atoms with Crippen LogP contribution in [0.4, 0.5) is 5.82 Å². The van der Waals surface area contributed by atoms with Gasteiger partial charge >= 0.3 is 0 Å². The molecule has 2 aromatic rings. The van der Waals surface area contributed by atoms with Gasteiger partial charge in [-0.25, -0.2) is 9.97 Å². The number of hydrogen-bond acceptors (Lipinski definition) is 4. The molecule has 0 aliphatic carbocycles. The van der Waals surface area contributed by atoms with Gasteiger partial charge in [0, 0.05) is 11.3 Å². The number of hydrogen-bond donors (Lipinski definition) is 1. The van der Waals surface area contributed by atoms with Crippen LogP contribution in [0.3, 0.4) is 0 Å². The summed E-state index contributed by atoms with van der Waals surface area (Å²) >= 11 is 0. The number of furan rings is 1. The van der Waals surface area contributed by atoms with E-state index in [1.54, 1.807) is 12.5 Å². The lowest BCUT2D eigenvalue weighted by Gasteiger charge is -2.12. The van der Waals surface area contributed by atoms with Crippen LogP contribution in [0.1, 0.15) is 31.0 Å². The van der Waals surface area contributed by atoms with E-state index in [0.717, 1.165) is 16.8 Å². The summed E-state index contributed by atoms with van der Waals surface area (Å²) in [6, 6.07) is 1.82. The first kappa shape index (κ1) is 10.7. The SMILES string of the molecule is Cc1nc(-c2ccoc2)nc(N)c1C(C)C. The van der Waals surface area contributed by atoms with Gasteiger partial charge in [0.25, 0.3) is 0 Å². The van der Waals surface area contributed by atoms with Crippen LogP contribution in [0.2, 0.25) is 0 Å². The minimum atomic E-state index is 0.332. The number of nitrogens with two attached hydrogens (primary N) is 1. The third-order valence-corrected chi connectivity index (χ3v) is 2.52. The molecule has 16 heavy (non-hydrogen) atoms. The summed E-state index contributed by atoms with van der Waals surface area (Å²) in [7, 11) is 0. The zero-order valence-corrected chi connectivity index (χ0v) is 9.69. The molecule has 0 fully saturated rings. The van der Waals surface area contributed by atoms with E-state index in [1.165, 1.54) is 0 Å². The van der Waals surface area contributed by atoms with Crippen molar-refractivity contribution in [2.45, 2.75) is 26.7 Å². The van der Waals surface area contributed by atoms with E-state index < -0.39 is 0 Å². The molecular formula is C12H15N3O. The molecule has 0 unspecified atom stereocenters. The predicted molar refractivity (Wildman–Crippen MR) is 63.0 cm³/mol. The maximum absolute atomic E-state index is 5.95. The van der Waals surface area contributed by atoms with Gasteiger partial charge in [-0.15, -0.1) is 0 Å². The minimum absolute atomic E-state index is 0.332. The zero-order chi connectivity index (χ0) is 11.7. The fourth-order valence-corrected chi connectivity index (χ4v) is 1.84. The van der Waals surface area contributed by atoms with Crippen LogP contribution in [0.25, 0.3) is 11.4 Å². The lowest BCUT2D eigenvalue weighted by molar-refractivity contribution is 0.568. The molecule has 2 N–H and O–H groups in total. The molecule has 2 heterocycles. The Labute approximate surface area is 94.5 Å². The summed E-state index contributed by atoms with van der Waals surface area (Å²) in [6.07, 6.45) is 3.21. The summed E-state index contributed by atoms with van der Waals surface area (Å²) in [6.45, 7) is 6.12. The van der Waals surface area contributed by atoms with Gasteiger partial charge in [0.1, 0.15) is 12.1 Å². The van der Waals surface area contributed by atoms with Crippen LogP contribution in [-0.4, -0.2) is 9.97 Å². The number of nitrogen functional groups attached to an aromatic ring is 1. The van der Waals surface area contributed by atoms with Crippen molar-refractivity contribution in [3.8, 4) is 11.4 Å². The van der Waals surface area contributed by atoms with Crippen LogP contribution >= 0.6 is 0 Å². The molecule has 0 bridgehead atoms. The highest BCUT2D eigenvalue weighted by Crippen LogP contribution is 2.26. The van der Waals surface area contributed by atoms with Crippen molar-refractivity contribution < 1.29 is 4.42 Å². The number of nitrogens with zero attached hydrogens (tertiary/aromatic N) is 2. The first-order chi connectivity index (χ1) is 7.59. The van der Waals surface area contributed by atoms with Crippen molar-refractivity contribution >= 4 is 5.82 Å². The topological polar surface area (TPSA) is 64.9 Å². The monoisotopic (exact) mass is 217 g/mol. The summed E-state index contributed by atoms with van der Waals surface area (Å²) in [5.41, 5.74) is 8.75. The van der Waals surface area contributed by atoms with Gasteiger partial charge in [-0.05, 0) is 18.9 Å². The molecule has 0 aliphatic rings. The van der Waals surface area contributed by atoms with Crippen molar-refractivity contribution in [2.75, 3.05) is 5.73 Å². The highest BCUT2D eigenvalue weighted by Gasteiger charge is 2.13. The Morgan fingerprint density at radius 3 is 2.56 bits per heavy atom. The maximum atomic E-state index is 5.95. The average molecular weight is 217 g/mol. The normalized spacial score (nSPS) is 11.0. The van der Waals surface area contributed by atoms with E-state index in [4.69, 9.17) is 10.2 Å². The van der Waals surface area contributed by atoms with Crippen LogP contribution in [0, 0.1) is 6.92 Å². The molecule has 2 rings (SSSR count). The van der Waals surface area contributed by atoms with Crippen LogP contribution in [0.5, 0.6) is 0 Å². The molecular weight excluding hydrogens is 202 g/mol. The molecule has 0 aromatic carbocycles. The Kier molecular flexibility index (Phi) is 2.64. The molecule has 0 spiro atoms. The second-order valence-corrected chi connectivity index (χ2v) is 4.10. The van der Waals surface area contributed by atoms with Crippen molar-refractivity contribution in [3.63, 3.8) is 0 Å². The molecule has 4 nitrogen and oxygen atoms in total. The van der Waals surface area contributed by atoms with E-state index in [9.17, 15) is 0 Å². The summed E-state index contributed by atoms with van der Waals surface area (Å²) in [5.74, 6) is 1.50. The highest BCUT2D eigenvalue weighted by molar-refractivity contribution is 5.57. The fourth-order valence-electron chi connectivity index (χ4n) is 1.84. The van der Waals surface area contributed by atoms with Crippen LogP contribution in [-0.2, 0) is 0 Å². The van der Waals surface area contributed by atoms with Crippen molar-refractivity contribution in [1.82, 2.24) is 9.97 Å². The van der Waals surface area contributed by atoms with Crippen molar-refractivity contribution in [2.24, 2.45) is 0 Å². The summed E-state index contributed by atoms with van der Waals surface area (Å²) < 4.78 is 5.01. The van der Waals surface area contributed by atoms with Crippen molar-refractivity contribution in [1.29, 1.82) is 0 Å². The van der Waals surface area contributed by atoms with Crippen LogP contribution < -0.4 is 5.73 Å². The van der Waals surface area contributed by atoms with E-state index in [0.29, 0.717) is 17.6 Å². The standard InChI is InChI=1S/C12H15N3O/c1-7(2)10-8(3)14-12(15-11(10)13)9-4-5-16-6-9/h4-7H,1-3H3,(H2,13,14,15). The molecule has 0 atom stereocenters. The Morgan fingerprint density at radius 1 is 1.31 bits per heavy atom. The van der Waals surface area contributed by atoms with E-state index >= 15 is 0 Å². The number of aromatic nitrogens is 2.